The monoisotopic (exact) mass is 332 g/mol. The van der Waals surface area contributed by atoms with Crippen LogP contribution in [-0.4, -0.2) is 32.2 Å². The minimum Gasteiger partial charge on any atom is -0.381 e. The molecule has 122 valence electrons. The standard InChI is InChI=1S/C15H18F2N2O2.ClH/c16-11-7-10-1-4-19(13(10)8-12(11)17)14(20)15(9-18)2-5-21-6-3-15;/h7-8H,1-6,9,18H2;1H. The lowest BCUT2D eigenvalue weighted by Gasteiger charge is -2.37. The van der Waals surface area contributed by atoms with Gasteiger partial charge >= 0.3 is 0 Å². The van der Waals surface area contributed by atoms with E-state index >= 15 is 0 Å². The summed E-state index contributed by atoms with van der Waals surface area (Å²) in [6, 6.07) is 2.29. The van der Waals surface area contributed by atoms with E-state index in [1.165, 1.54) is 6.07 Å². The molecule has 2 heterocycles. The van der Waals surface area contributed by atoms with Crippen molar-refractivity contribution in [3.63, 3.8) is 0 Å². The number of amides is 1. The van der Waals surface area contributed by atoms with Gasteiger partial charge in [-0.15, -0.1) is 12.4 Å². The van der Waals surface area contributed by atoms with E-state index < -0.39 is 17.0 Å². The van der Waals surface area contributed by atoms with Crippen LogP contribution in [0.15, 0.2) is 12.1 Å². The van der Waals surface area contributed by atoms with Gasteiger partial charge in [0.15, 0.2) is 11.6 Å². The van der Waals surface area contributed by atoms with Crippen LogP contribution < -0.4 is 10.6 Å². The van der Waals surface area contributed by atoms with Crippen LogP contribution in [0.5, 0.6) is 0 Å². The van der Waals surface area contributed by atoms with Crippen LogP contribution in [0.3, 0.4) is 0 Å². The van der Waals surface area contributed by atoms with Gasteiger partial charge in [0.2, 0.25) is 5.91 Å². The second-order valence-corrected chi connectivity index (χ2v) is 5.70. The summed E-state index contributed by atoms with van der Waals surface area (Å²) in [5, 5.41) is 0. The minimum atomic E-state index is -0.928. The fourth-order valence-electron chi connectivity index (χ4n) is 3.15. The van der Waals surface area contributed by atoms with Gasteiger partial charge in [-0.25, -0.2) is 8.78 Å². The van der Waals surface area contributed by atoms with Gasteiger partial charge in [0.05, 0.1) is 11.1 Å². The van der Waals surface area contributed by atoms with Gasteiger partial charge in [-0.2, -0.15) is 0 Å². The van der Waals surface area contributed by atoms with E-state index in [1.54, 1.807) is 4.90 Å². The molecule has 1 aromatic carbocycles. The average Bonchev–Trinajstić information content (AvgIpc) is 2.90. The van der Waals surface area contributed by atoms with Crippen molar-refractivity contribution in [2.75, 3.05) is 31.2 Å². The Kier molecular flexibility index (Phi) is 5.04. The molecule has 4 nitrogen and oxygen atoms in total. The molecule has 1 aromatic rings. The lowest BCUT2D eigenvalue weighted by molar-refractivity contribution is -0.132. The van der Waals surface area contributed by atoms with Crippen molar-refractivity contribution in [1.82, 2.24) is 0 Å². The minimum absolute atomic E-state index is 0. The summed E-state index contributed by atoms with van der Waals surface area (Å²) in [6.45, 7) is 1.69. The maximum atomic E-state index is 13.5. The molecular weight excluding hydrogens is 314 g/mol. The van der Waals surface area contributed by atoms with Crippen molar-refractivity contribution in [1.29, 1.82) is 0 Å². The lowest BCUT2D eigenvalue weighted by atomic mass is 9.79. The predicted molar refractivity (Wildman–Crippen MR) is 81.2 cm³/mol. The zero-order chi connectivity index (χ0) is 15.0. The lowest BCUT2D eigenvalue weighted by Crippen LogP contribution is -2.50. The molecule has 0 saturated carbocycles. The smallest absolute Gasteiger partial charge is 0.234 e. The van der Waals surface area contributed by atoms with E-state index in [1.807, 2.05) is 0 Å². The topological polar surface area (TPSA) is 55.6 Å². The van der Waals surface area contributed by atoms with Gasteiger partial charge in [-0.1, -0.05) is 0 Å². The molecule has 1 fully saturated rings. The summed E-state index contributed by atoms with van der Waals surface area (Å²) in [7, 11) is 0. The van der Waals surface area contributed by atoms with Gasteiger partial charge in [-0.05, 0) is 30.9 Å². The Morgan fingerprint density at radius 2 is 1.91 bits per heavy atom. The third-order valence-electron chi connectivity index (χ3n) is 4.56. The molecule has 0 unspecified atom stereocenters. The number of benzene rings is 1. The number of hydrogen-bond donors (Lipinski definition) is 1. The number of carbonyl (C=O) groups excluding carboxylic acids is 1. The van der Waals surface area contributed by atoms with Crippen molar-refractivity contribution in [3.8, 4) is 0 Å². The van der Waals surface area contributed by atoms with Gasteiger partial charge in [0.25, 0.3) is 0 Å². The summed E-state index contributed by atoms with van der Waals surface area (Å²) in [5.41, 5.74) is 6.33. The summed E-state index contributed by atoms with van der Waals surface area (Å²) in [5.74, 6) is -1.90. The normalized spacial score (nSPS) is 19.5. The molecule has 0 spiro atoms. The van der Waals surface area contributed by atoms with E-state index in [0.717, 1.165) is 6.07 Å². The molecule has 2 aliphatic rings. The van der Waals surface area contributed by atoms with Gasteiger partial charge in [0, 0.05) is 32.4 Å². The number of ether oxygens (including phenoxy) is 1. The van der Waals surface area contributed by atoms with Gasteiger partial charge in [0.1, 0.15) is 0 Å². The molecule has 2 aliphatic heterocycles. The summed E-state index contributed by atoms with van der Waals surface area (Å²) >= 11 is 0. The van der Waals surface area contributed by atoms with Crippen molar-refractivity contribution in [2.45, 2.75) is 19.3 Å². The Balaban J connectivity index is 0.00000176. The van der Waals surface area contributed by atoms with Crippen LogP contribution in [0.25, 0.3) is 0 Å². The van der Waals surface area contributed by atoms with E-state index in [2.05, 4.69) is 0 Å². The highest BCUT2D eigenvalue weighted by molar-refractivity contribution is 5.99. The van der Waals surface area contributed by atoms with Crippen LogP contribution in [0, 0.1) is 17.0 Å². The van der Waals surface area contributed by atoms with Gasteiger partial charge in [-0.3, -0.25) is 4.79 Å². The Bertz CT molecular complexity index is 577. The molecule has 2 N–H and O–H groups in total. The van der Waals surface area contributed by atoms with Crippen LogP contribution >= 0.6 is 12.4 Å². The molecule has 7 heteroatoms. The molecule has 3 rings (SSSR count). The van der Waals surface area contributed by atoms with E-state index in [9.17, 15) is 13.6 Å². The fraction of sp³-hybridized carbons (Fsp3) is 0.533. The highest BCUT2D eigenvalue weighted by Crippen LogP contribution is 2.37. The highest BCUT2D eigenvalue weighted by atomic mass is 35.5. The number of nitrogens with zero attached hydrogens (tertiary/aromatic N) is 1. The summed E-state index contributed by atoms with van der Waals surface area (Å²) in [6.07, 6.45) is 1.67. The molecule has 22 heavy (non-hydrogen) atoms. The Morgan fingerprint density at radius 3 is 2.55 bits per heavy atom. The first kappa shape index (κ1) is 17.1. The van der Waals surface area contributed by atoms with Gasteiger partial charge < -0.3 is 15.4 Å². The number of rotatable bonds is 2. The Labute approximate surface area is 134 Å². The fourth-order valence-corrected chi connectivity index (χ4v) is 3.15. The second-order valence-electron chi connectivity index (χ2n) is 5.70. The van der Waals surface area contributed by atoms with Crippen molar-refractivity contribution in [3.05, 3.63) is 29.3 Å². The second kappa shape index (κ2) is 6.48. The van der Waals surface area contributed by atoms with Crippen molar-refractivity contribution < 1.29 is 18.3 Å². The number of halogens is 3. The van der Waals surface area contributed by atoms with E-state index in [-0.39, 0.29) is 24.9 Å². The highest BCUT2D eigenvalue weighted by Gasteiger charge is 2.43. The number of anilines is 1. The Hall–Kier alpha value is -1.24. The zero-order valence-electron chi connectivity index (χ0n) is 12.1. The van der Waals surface area contributed by atoms with Crippen LogP contribution in [0.1, 0.15) is 18.4 Å². The first-order valence-corrected chi connectivity index (χ1v) is 7.15. The summed E-state index contributed by atoms with van der Waals surface area (Å²) < 4.78 is 32.1. The molecule has 0 aliphatic carbocycles. The molecule has 0 bridgehead atoms. The van der Waals surface area contributed by atoms with Crippen LogP contribution in [0.2, 0.25) is 0 Å². The number of hydrogen-bond acceptors (Lipinski definition) is 3. The molecule has 0 radical (unpaired) electrons. The third-order valence-corrected chi connectivity index (χ3v) is 4.56. The van der Waals surface area contributed by atoms with Crippen LogP contribution in [0.4, 0.5) is 14.5 Å². The number of carbonyl (C=O) groups is 1. The van der Waals surface area contributed by atoms with Crippen LogP contribution in [-0.2, 0) is 16.0 Å². The predicted octanol–water partition coefficient (Wildman–Crippen LogP) is 2.03. The van der Waals surface area contributed by atoms with Crippen molar-refractivity contribution in [2.24, 2.45) is 11.1 Å². The van der Waals surface area contributed by atoms with E-state index in [0.29, 0.717) is 50.3 Å². The molecule has 1 amide bonds. The third kappa shape index (κ3) is 2.71. The average molecular weight is 333 g/mol. The quantitative estimate of drug-likeness (QED) is 0.901. The van der Waals surface area contributed by atoms with E-state index in [4.69, 9.17) is 10.5 Å². The maximum absolute atomic E-state index is 13.5. The molecule has 0 atom stereocenters. The first-order chi connectivity index (χ1) is 10.1. The maximum Gasteiger partial charge on any atom is 0.234 e. The number of fused-ring (bicyclic) bond motifs is 1. The van der Waals surface area contributed by atoms with Crippen molar-refractivity contribution >= 4 is 24.0 Å². The molecule has 1 saturated heterocycles. The molecular formula is C15H19ClF2N2O2. The number of nitrogens with two attached hydrogens (primary N) is 1. The SMILES string of the molecule is Cl.NCC1(C(=O)N2CCc3cc(F)c(F)cc32)CCOCC1. The molecule has 0 aromatic heterocycles. The zero-order valence-corrected chi connectivity index (χ0v) is 12.9. The summed E-state index contributed by atoms with van der Waals surface area (Å²) in [4.78, 5) is 14.4. The largest absolute Gasteiger partial charge is 0.381 e. The first-order valence-electron chi connectivity index (χ1n) is 7.15. The Morgan fingerprint density at radius 1 is 1.27 bits per heavy atom.